The predicted molar refractivity (Wildman–Crippen MR) is 108 cm³/mol. The second-order valence-corrected chi connectivity index (χ2v) is 6.29. The van der Waals surface area contributed by atoms with Gasteiger partial charge in [0, 0.05) is 25.5 Å². The number of aliphatic imine (C=N–C) groups is 1. The number of carbonyl (C=O) groups is 1. The van der Waals surface area contributed by atoms with Crippen molar-refractivity contribution in [3.8, 4) is 5.69 Å². The van der Waals surface area contributed by atoms with Gasteiger partial charge < -0.3 is 0 Å². The van der Waals surface area contributed by atoms with Crippen molar-refractivity contribution in [1.82, 2.24) is 9.78 Å². The molecule has 2 rings (SSSR count). The van der Waals surface area contributed by atoms with Gasteiger partial charge in [-0.2, -0.15) is 5.10 Å². The Hall–Kier alpha value is -2.75. The Morgan fingerprint density at radius 2 is 2.00 bits per heavy atom. The number of hydrogen-bond acceptors (Lipinski definition) is 3. The number of hydrogen-bond donors (Lipinski definition) is 0. The number of nitrogens with zero attached hydrogens (tertiary/aromatic N) is 3. The highest BCUT2D eigenvalue weighted by Gasteiger charge is 2.06. The minimum atomic E-state index is 0.0272. The SMILES string of the molecule is C=C(Cc1ccc(-n2cccn2)cc1)/C(=C\N=C(CC)C(C)=O)CCC. The van der Waals surface area contributed by atoms with Crippen molar-refractivity contribution in [3.63, 3.8) is 0 Å². The van der Waals surface area contributed by atoms with Crippen molar-refractivity contribution >= 4 is 11.5 Å². The van der Waals surface area contributed by atoms with Gasteiger partial charge in [-0.25, -0.2) is 4.68 Å². The second-order valence-electron chi connectivity index (χ2n) is 6.29. The van der Waals surface area contributed by atoms with Crippen LogP contribution in [0.15, 0.2) is 71.6 Å². The number of allylic oxidation sites excluding steroid dienone is 2. The highest BCUT2D eigenvalue weighted by molar-refractivity contribution is 6.39. The summed E-state index contributed by atoms with van der Waals surface area (Å²) in [6.45, 7) is 9.89. The molecule has 0 fully saturated rings. The summed E-state index contributed by atoms with van der Waals surface area (Å²) in [5, 5.41) is 4.24. The van der Waals surface area contributed by atoms with E-state index in [0.717, 1.165) is 36.1 Å². The van der Waals surface area contributed by atoms with Crippen molar-refractivity contribution in [2.24, 2.45) is 4.99 Å². The molecule has 0 N–H and O–H groups in total. The van der Waals surface area contributed by atoms with E-state index in [4.69, 9.17) is 0 Å². The molecule has 0 aliphatic rings. The van der Waals surface area contributed by atoms with E-state index in [0.29, 0.717) is 12.1 Å². The first-order valence-corrected chi connectivity index (χ1v) is 9.08. The van der Waals surface area contributed by atoms with E-state index in [-0.39, 0.29) is 5.78 Å². The standard InChI is InChI=1S/C22H27N3O/c1-5-8-20(16-23-22(6-2)18(4)26)17(3)15-19-9-11-21(12-10-19)25-14-7-13-24-25/h7,9-14,16H,3,5-6,8,15H2,1-2,4H3/b20-16-,23-22?. The molecule has 1 aromatic carbocycles. The van der Waals surface area contributed by atoms with Gasteiger partial charge in [0.25, 0.3) is 0 Å². The van der Waals surface area contributed by atoms with Crippen LogP contribution in [-0.4, -0.2) is 21.3 Å². The van der Waals surface area contributed by atoms with Crippen molar-refractivity contribution in [2.75, 3.05) is 0 Å². The van der Waals surface area contributed by atoms with Crippen LogP contribution in [-0.2, 0) is 11.2 Å². The highest BCUT2D eigenvalue weighted by atomic mass is 16.1. The van der Waals surface area contributed by atoms with E-state index in [1.165, 1.54) is 5.56 Å². The second kappa shape index (κ2) is 9.66. The molecule has 1 heterocycles. The Balaban J connectivity index is 2.13. The molecule has 0 amide bonds. The number of aromatic nitrogens is 2. The Bertz CT molecular complexity index is 796. The molecule has 1 aromatic heterocycles. The first kappa shape index (κ1) is 19.6. The third-order valence-electron chi connectivity index (χ3n) is 4.21. The van der Waals surface area contributed by atoms with Gasteiger partial charge in [0.15, 0.2) is 5.78 Å². The van der Waals surface area contributed by atoms with Gasteiger partial charge >= 0.3 is 0 Å². The smallest absolute Gasteiger partial charge is 0.173 e. The molecule has 0 atom stereocenters. The van der Waals surface area contributed by atoms with E-state index in [9.17, 15) is 4.79 Å². The minimum Gasteiger partial charge on any atom is -0.293 e. The van der Waals surface area contributed by atoms with Crippen LogP contribution in [0.5, 0.6) is 0 Å². The van der Waals surface area contributed by atoms with Crippen LogP contribution in [0.3, 0.4) is 0 Å². The molecule has 0 aliphatic heterocycles. The van der Waals surface area contributed by atoms with Crippen LogP contribution in [0.1, 0.15) is 45.6 Å². The number of Topliss-reactive ketones (excluding diaryl/α,β-unsaturated/α-hetero) is 1. The van der Waals surface area contributed by atoms with Crippen molar-refractivity contribution in [3.05, 3.63) is 72.2 Å². The third kappa shape index (κ3) is 5.38. The molecule has 0 aliphatic carbocycles. The molecule has 2 aromatic rings. The number of carbonyl (C=O) groups excluding carboxylic acids is 1. The number of rotatable bonds is 9. The predicted octanol–water partition coefficient (Wildman–Crippen LogP) is 5.10. The molecule has 4 heteroatoms. The maximum absolute atomic E-state index is 11.5. The molecular weight excluding hydrogens is 322 g/mol. The van der Waals surface area contributed by atoms with Crippen LogP contribution in [0.4, 0.5) is 0 Å². The molecule has 0 saturated heterocycles. The van der Waals surface area contributed by atoms with Gasteiger partial charge in [-0.05, 0) is 54.2 Å². The third-order valence-corrected chi connectivity index (χ3v) is 4.21. The van der Waals surface area contributed by atoms with Crippen LogP contribution in [0.25, 0.3) is 5.69 Å². The van der Waals surface area contributed by atoms with Gasteiger partial charge in [-0.15, -0.1) is 0 Å². The molecule has 0 radical (unpaired) electrons. The lowest BCUT2D eigenvalue weighted by molar-refractivity contribution is -0.111. The normalized spacial score (nSPS) is 12.3. The van der Waals surface area contributed by atoms with Crippen molar-refractivity contribution in [1.29, 1.82) is 0 Å². The quantitative estimate of drug-likeness (QED) is 0.467. The van der Waals surface area contributed by atoms with Gasteiger partial charge in [0.05, 0.1) is 11.4 Å². The summed E-state index contributed by atoms with van der Waals surface area (Å²) in [5.41, 5.74) is 4.98. The topological polar surface area (TPSA) is 47.2 Å². The molecule has 0 unspecified atom stereocenters. The van der Waals surface area contributed by atoms with E-state index in [1.54, 1.807) is 13.1 Å². The maximum Gasteiger partial charge on any atom is 0.173 e. The molecule has 0 spiro atoms. The first-order chi connectivity index (χ1) is 12.5. The fraction of sp³-hybridized carbons (Fsp3) is 0.318. The van der Waals surface area contributed by atoms with Gasteiger partial charge in [0.1, 0.15) is 0 Å². The summed E-state index contributed by atoms with van der Waals surface area (Å²) in [6.07, 6.45) is 8.85. The maximum atomic E-state index is 11.5. The molecule has 0 saturated carbocycles. The van der Waals surface area contributed by atoms with Gasteiger partial charge in [0.2, 0.25) is 0 Å². The zero-order valence-electron chi connectivity index (χ0n) is 15.9. The van der Waals surface area contributed by atoms with Gasteiger partial charge in [-0.3, -0.25) is 9.79 Å². The van der Waals surface area contributed by atoms with Crippen LogP contribution >= 0.6 is 0 Å². The zero-order chi connectivity index (χ0) is 18.9. The fourth-order valence-corrected chi connectivity index (χ4v) is 2.74. The summed E-state index contributed by atoms with van der Waals surface area (Å²) in [5.74, 6) is 0.0272. The van der Waals surface area contributed by atoms with E-state index in [1.807, 2.05) is 30.1 Å². The first-order valence-electron chi connectivity index (χ1n) is 9.08. The van der Waals surface area contributed by atoms with Gasteiger partial charge in [-0.1, -0.05) is 39.0 Å². The lowest BCUT2D eigenvalue weighted by Gasteiger charge is -2.10. The summed E-state index contributed by atoms with van der Waals surface area (Å²) in [7, 11) is 0. The van der Waals surface area contributed by atoms with Crippen LogP contribution in [0, 0.1) is 0 Å². The van der Waals surface area contributed by atoms with E-state index in [2.05, 4.69) is 47.9 Å². The Morgan fingerprint density at radius 1 is 1.27 bits per heavy atom. The minimum absolute atomic E-state index is 0.0272. The summed E-state index contributed by atoms with van der Waals surface area (Å²) in [6, 6.07) is 10.2. The monoisotopic (exact) mass is 349 g/mol. The van der Waals surface area contributed by atoms with E-state index < -0.39 is 0 Å². The molecule has 4 nitrogen and oxygen atoms in total. The molecule has 0 bridgehead atoms. The summed E-state index contributed by atoms with van der Waals surface area (Å²) < 4.78 is 1.84. The lowest BCUT2D eigenvalue weighted by atomic mass is 9.97. The lowest BCUT2D eigenvalue weighted by Crippen LogP contribution is -2.07. The summed E-state index contributed by atoms with van der Waals surface area (Å²) >= 11 is 0. The molecular formula is C22H27N3O. The Morgan fingerprint density at radius 3 is 2.54 bits per heavy atom. The van der Waals surface area contributed by atoms with Crippen molar-refractivity contribution < 1.29 is 4.79 Å². The highest BCUT2D eigenvalue weighted by Crippen LogP contribution is 2.20. The molecule has 136 valence electrons. The van der Waals surface area contributed by atoms with Crippen molar-refractivity contribution in [2.45, 2.75) is 46.5 Å². The average Bonchev–Trinajstić information content (AvgIpc) is 3.16. The zero-order valence-corrected chi connectivity index (χ0v) is 15.9. The number of benzene rings is 1. The van der Waals surface area contributed by atoms with Crippen LogP contribution < -0.4 is 0 Å². The van der Waals surface area contributed by atoms with Crippen LogP contribution in [0.2, 0.25) is 0 Å². The fourth-order valence-electron chi connectivity index (χ4n) is 2.74. The average molecular weight is 349 g/mol. The summed E-state index contributed by atoms with van der Waals surface area (Å²) in [4.78, 5) is 15.9. The van der Waals surface area contributed by atoms with E-state index >= 15 is 0 Å². The number of ketones is 1. The largest absolute Gasteiger partial charge is 0.293 e. The Labute approximate surface area is 156 Å². The Kier molecular flexibility index (Phi) is 7.27. The molecule has 26 heavy (non-hydrogen) atoms.